The molecule has 2 amide bonds. The number of nitrogens with zero attached hydrogens (tertiary/aromatic N) is 2. The van der Waals surface area contributed by atoms with Crippen molar-refractivity contribution in [2.24, 2.45) is 0 Å². The molecule has 2 N–H and O–H groups in total. The highest BCUT2D eigenvalue weighted by Gasteiger charge is 2.28. The molecule has 1 heterocycles. The van der Waals surface area contributed by atoms with Gasteiger partial charge in [0.15, 0.2) is 0 Å². The molecule has 1 aliphatic carbocycles. The number of carbonyl (C=O) groups excluding carboxylic acids is 2. The summed E-state index contributed by atoms with van der Waals surface area (Å²) >= 11 is 0. The molecule has 1 fully saturated rings. The molecule has 3 aromatic rings. The molecule has 7 heteroatoms. The minimum atomic E-state index is -0.306. The zero-order valence-corrected chi connectivity index (χ0v) is 17.0. The summed E-state index contributed by atoms with van der Waals surface area (Å²) in [5.41, 5.74) is 2.51. The van der Waals surface area contributed by atoms with Crippen LogP contribution in [0.2, 0.25) is 0 Å². The lowest BCUT2D eigenvalue weighted by molar-refractivity contribution is 0.0778. The van der Waals surface area contributed by atoms with Crippen molar-refractivity contribution in [1.29, 1.82) is 0 Å². The van der Waals surface area contributed by atoms with E-state index in [1.807, 2.05) is 42.5 Å². The molecule has 0 spiro atoms. The predicted octanol–water partition coefficient (Wildman–Crippen LogP) is 3.87. The lowest BCUT2D eigenvalue weighted by atomic mass is 9.90. The zero-order chi connectivity index (χ0) is 20.9. The molecule has 2 aromatic carbocycles. The van der Waals surface area contributed by atoms with Gasteiger partial charge in [0.1, 0.15) is 6.61 Å². The Balaban J connectivity index is 1.24. The summed E-state index contributed by atoms with van der Waals surface area (Å²) in [5, 5.41) is 10.9. The number of hydrogen-bond acceptors (Lipinski definition) is 4. The van der Waals surface area contributed by atoms with Crippen LogP contribution in [0.3, 0.4) is 0 Å². The lowest BCUT2D eigenvalue weighted by Crippen LogP contribution is -2.44. The van der Waals surface area contributed by atoms with Crippen LogP contribution in [-0.2, 0) is 11.3 Å². The second-order valence-electron chi connectivity index (χ2n) is 7.80. The van der Waals surface area contributed by atoms with Crippen LogP contribution < -0.4 is 5.32 Å². The number of amides is 2. The maximum Gasteiger partial charge on any atom is 0.410 e. The second kappa shape index (κ2) is 8.98. The number of hydrogen-bond donors (Lipinski definition) is 2. The average molecular weight is 406 g/mol. The summed E-state index contributed by atoms with van der Waals surface area (Å²) in [7, 11) is 1.79. The number of fused-ring (bicyclic) bond motifs is 1. The maximum atomic E-state index is 12.6. The Morgan fingerprint density at radius 2 is 1.90 bits per heavy atom. The first-order valence-electron chi connectivity index (χ1n) is 10.3. The number of carbonyl (C=O) groups is 2. The normalized spacial score (nSPS) is 18.7. The zero-order valence-electron chi connectivity index (χ0n) is 17.0. The van der Waals surface area contributed by atoms with E-state index in [1.165, 1.54) is 0 Å². The van der Waals surface area contributed by atoms with Crippen LogP contribution in [-0.4, -0.2) is 46.2 Å². The molecule has 4 rings (SSSR count). The van der Waals surface area contributed by atoms with Gasteiger partial charge in [-0.3, -0.25) is 9.89 Å². The summed E-state index contributed by atoms with van der Waals surface area (Å²) in [5.74, 6) is -0.0721. The first kappa shape index (κ1) is 19.9. The Labute approximate surface area is 175 Å². The van der Waals surface area contributed by atoms with Crippen molar-refractivity contribution in [1.82, 2.24) is 20.4 Å². The van der Waals surface area contributed by atoms with E-state index in [9.17, 15) is 9.59 Å². The van der Waals surface area contributed by atoms with Crippen molar-refractivity contribution in [2.75, 3.05) is 7.05 Å². The number of rotatable bonds is 5. The molecule has 0 unspecified atom stereocenters. The van der Waals surface area contributed by atoms with Gasteiger partial charge in [0.25, 0.3) is 5.91 Å². The highest BCUT2D eigenvalue weighted by molar-refractivity contribution is 5.98. The fourth-order valence-corrected chi connectivity index (χ4v) is 3.93. The Morgan fingerprint density at radius 1 is 1.13 bits per heavy atom. The monoisotopic (exact) mass is 406 g/mol. The number of ether oxygens (including phenoxy) is 1. The third-order valence-corrected chi connectivity index (χ3v) is 5.78. The van der Waals surface area contributed by atoms with Gasteiger partial charge >= 0.3 is 6.09 Å². The molecule has 0 saturated heterocycles. The molecule has 7 nitrogen and oxygen atoms in total. The van der Waals surface area contributed by atoms with Gasteiger partial charge < -0.3 is 15.0 Å². The topological polar surface area (TPSA) is 87.3 Å². The molecule has 0 atom stereocenters. The smallest absolute Gasteiger partial charge is 0.410 e. The second-order valence-corrected chi connectivity index (χ2v) is 7.80. The van der Waals surface area contributed by atoms with E-state index in [0.717, 1.165) is 42.1 Å². The number of aromatic amines is 1. The van der Waals surface area contributed by atoms with Crippen LogP contribution in [0.5, 0.6) is 0 Å². The quantitative estimate of drug-likeness (QED) is 0.673. The van der Waals surface area contributed by atoms with E-state index >= 15 is 0 Å². The van der Waals surface area contributed by atoms with Crippen LogP contribution in [0, 0.1) is 0 Å². The molecule has 1 aliphatic rings. The fraction of sp³-hybridized carbons (Fsp3) is 0.348. The molecular weight excluding hydrogens is 380 g/mol. The number of H-pyrrole nitrogens is 1. The Kier molecular flexibility index (Phi) is 5.97. The molecule has 0 radical (unpaired) electrons. The first-order valence-corrected chi connectivity index (χ1v) is 10.3. The number of nitrogens with one attached hydrogen (secondary N) is 2. The van der Waals surface area contributed by atoms with Crippen LogP contribution in [0.4, 0.5) is 4.79 Å². The summed E-state index contributed by atoms with van der Waals surface area (Å²) in [4.78, 5) is 26.7. The molecule has 0 bridgehead atoms. The molecular formula is C23H26N4O3. The van der Waals surface area contributed by atoms with Crippen molar-refractivity contribution in [2.45, 2.75) is 44.4 Å². The van der Waals surface area contributed by atoms with Gasteiger partial charge in [-0.05, 0) is 49.4 Å². The SMILES string of the molecule is CN(C(=O)OCc1ccccc1)C1CCC(NC(=O)c2ccc3[nH]ncc3c2)CC1. The van der Waals surface area contributed by atoms with Crippen molar-refractivity contribution < 1.29 is 14.3 Å². The van der Waals surface area contributed by atoms with E-state index in [0.29, 0.717) is 5.56 Å². The summed E-state index contributed by atoms with van der Waals surface area (Å²) in [6.45, 7) is 0.274. The van der Waals surface area contributed by atoms with Crippen LogP contribution >= 0.6 is 0 Å². The molecule has 30 heavy (non-hydrogen) atoms. The van der Waals surface area contributed by atoms with Gasteiger partial charge in [-0.25, -0.2) is 4.79 Å². The van der Waals surface area contributed by atoms with Crippen molar-refractivity contribution >= 4 is 22.9 Å². The van der Waals surface area contributed by atoms with Crippen LogP contribution in [0.15, 0.2) is 54.7 Å². The van der Waals surface area contributed by atoms with Gasteiger partial charge in [-0.15, -0.1) is 0 Å². The third kappa shape index (κ3) is 4.62. The molecule has 1 saturated carbocycles. The molecule has 1 aromatic heterocycles. The van der Waals surface area contributed by atoms with Gasteiger partial charge in [0, 0.05) is 30.1 Å². The number of aromatic nitrogens is 2. The van der Waals surface area contributed by atoms with Crippen molar-refractivity contribution in [3.63, 3.8) is 0 Å². The van der Waals surface area contributed by atoms with Crippen LogP contribution in [0.1, 0.15) is 41.6 Å². The largest absolute Gasteiger partial charge is 0.445 e. The molecule has 0 aliphatic heterocycles. The van der Waals surface area contributed by atoms with E-state index in [-0.39, 0.29) is 30.7 Å². The Bertz CT molecular complexity index is 1010. The summed E-state index contributed by atoms with van der Waals surface area (Å²) < 4.78 is 5.43. The lowest BCUT2D eigenvalue weighted by Gasteiger charge is -2.34. The minimum absolute atomic E-state index is 0.0721. The van der Waals surface area contributed by atoms with Crippen LogP contribution in [0.25, 0.3) is 10.9 Å². The van der Waals surface area contributed by atoms with Gasteiger partial charge in [0.2, 0.25) is 0 Å². The van der Waals surface area contributed by atoms with Crippen molar-refractivity contribution in [3.05, 3.63) is 65.9 Å². The Morgan fingerprint density at radius 3 is 2.67 bits per heavy atom. The van der Waals surface area contributed by atoms with E-state index in [4.69, 9.17) is 4.74 Å². The predicted molar refractivity (Wildman–Crippen MR) is 114 cm³/mol. The highest BCUT2D eigenvalue weighted by atomic mass is 16.6. The summed E-state index contributed by atoms with van der Waals surface area (Å²) in [6.07, 6.45) is 4.75. The summed E-state index contributed by atoms with van der Waals surface area (Å²) in [6, 6.07) is 15.4. The van der Waals surface area contributed by atoms with E-state index < -0.39 is 0 Å². The van der Waals surface area contributed by atoms with Gasteiger partial charge in [0.05, 0.1) is 11.7 Å². The minimum Gasteiger partial charge on any atom is -0.445 e. The third-order valence-electron chi connectivity index (χ3n) is 5.78. The first-order chi connectivity index (χ1) is 14.6. The number of benzene rings is 2. The van der Waals surface area contributed by atoms with Gasteiger partial charge in [-0.1, -0.05) is 30.3 Å². The standard InChI is InChI=1S/C23H26N4O3/c1-27(23(29)30-15-16-5-3-2-4-6-16)20-10-8-19(9-11-20)25-22(28)17-7-12-21-18(13-17)14-24-26-21/h2-7,12-14,19-20H,8-11,15H2,1H3,(H,24,26)(H,25,28). The molecule has 156 valence electrons. The highest BCUT2D eigenvalue weighted by Crippen LogP contribution is 2.24. The maximum absolute atomic E-state index is 12.6. The van der Waals surface area contributed by atoms with E-state index in [2.05, 4.69) is 15.5 Å². The average Bonchev–Trinajstić information content (AvgIpc) is 3.26. The van der Waals surface area contributed by atoms with Crippen molar-refractivity contribution in [3.8, 4) is 0 Å². The Hall–Kier alpha value is -3.35. The van der Waals surface area contributed by atoms with Gasteiger partial charge in [-0.2, -0.15) is 5.10 Å². The van der Waals surface area contributed by atoms with E-state index in [1.54, 1.807) is 24.2 Å². The fourth-order valence-electron chi connectivity index (χ4n) is 3.93.